The van der Waals surface area contributed by atoms with Gasteiger partial charge in [0.15, 0.2) is 0 Å². The van der Waals surface area contributed by atoms with Crippen LogP contribution in [0.25, 0.3) is 0 Å². The summed E-state index contributed by atoms with van der Waals surface area (Å²) >= 11 is 0. The van der Waals surface area contributed by atoms with E-state index < -0.39 is 30.8 Å². The predicted molar refractivity (Wildman–Crippen MR) is 95.3 cm³/mol. The molecule has 0 bridgehead atoms. The fourth-order valence-electron chi connectivity index (χ4n) is 2.70. The normalized spacial score (nSPS) is 18.3. The zero-order chi connectivity index (χ0) is 17.7. The number of hydrogen-bond donors (Lipinski definition) is 2. The molecule has 2 N–H and O–H groups in total. The maximum absolute atomic E-state index is 13.1. The molecule has 1 heterocycles. The third-order valence-electron chi connectivity index (χ3n) is 4.12. The lowest BCUT2D eigenvalue weighted by Gasteiger charge is -2.18. The molecule has 5 nitrogen and oxygen atoms in total. The van der Waals surface area contributed by atoms with E-state index in [0.29, 0.717) is 25.2 Å². The number of benzene rings is 1. The van der Waals surface area contributed by atoms with Crippen molar-refractivity contribution in [3.8, 4) is 0 Å². The first-order valence-corrected chi connectivity index (χ1v) is 8.13. The molecule has 1 atom stereocenters. The highest BCUT2D eigenvalue weighted by Gasteiger charge is 2.42. The fourth-order valence-corrected chi connectivity index (χ4v) is 2.70. The van der Waals surface area contributed by atoms with Crippen molar-refractivity contribution in [1.82, 2.24) is 10.2 Å². The van der Waals surface area contributed by atoms with E-state index in [9.17, 15) is 18.4 Å². The average molecular weight is 376 g/mol. The molecule has 140 valence electrons. The number of halogens is 3. The quantitative estimate of drug-likeness (QED) is 0.803. The minimum atomic E-state index is -2.84. The van der Waals surface area contributed by atoms with E-state index >= 15 is 0 Å². The largest absolute Gasteiger partial charge is 0.343 e. The summed E-state index contributed by atoms with van der Waals surface area (Å²) in [6.45, 7) is 4.73. The number of hydrogen-bond acceptors (Lipinski definition) is 3. The standard InChI is InChI=1S/C17H23F2N3O2.ClH/c1-3-22(4-2)15(23)9-12-5-7-13(8-6-12)21-16(24)14-10-17(18,19)11-20-14;/h5-8,14,20H,3-4,9-11H2,1-2H3,(H,21,24);1H. The van der Waals surface area contributed by atoms with Gasteiger partial charge in [-0.3, -0.25) is 14.9 Å². The molecule has 1 unspecified atom stereocenters. The summed E-state index contributed by atoms with van der Waals surface area (Å²) < 4.78 is 26.2. The first-order valence-electron chi connectivity index (χ1n) is 8.13. The van der Waals surface area contributed by atoms with E-state index in [-0.39, 0.29) is 18.3 Å². The zero-order valence-electron chi connectivity index (χ0n) is 14.4. The second-order valence-corrected chi connectivity index (χ2v) is 5.92. The second-order valence-electron chi connectivity index (χ2n) is 5.92. The molecule has 25 heavy (non-hydrogen) atoms. The molecule has 0 aliphatic carbocycles. The van der Waals surface area contributed by atoms with Gasteiger partial charge in [0.25, 0.3) is 5.92 Å². The van der Waals surface area contributed by atoms with Gasteiger partial charge in [-0.25, -0.2) is 8.78 Å². The Morgan fingerprint density at radius 2 is 1.84 bits per heavy atom. The van der Waals surface area contributed by atoms with E-state index in [1.54, 1.807) is 29.2 Å². The Morgan fingerprint density at radius 1 is 1.24 bits per heavy atom. The van der Waals surface area contributed by atoms with Gasteiger partial charge in [-0.2, -0.15) is 0 Å². The molecule has 1 aliphatic rings. The SMILES string of the molecule is CCN(CC)C(=O)Cc1ccc(NC(=O)C2CC(F)(F)CN2)cc1.Cl. The number of alkyl halides is 2. The number of nitrogens with one attached hydrogen (secondary N) is 2. The molecule has 2 rings (SSSR count). The highest BCUT2D eigenvalue weighted by Crippen LogP contribution is 2.25. The lowest BCUT2D eigenvalue weighted by atomic mass is 10.1. The minimum absolute atomic E-state index is 0. The number of carbonyl (C=O) groups is 2. The van der Waals surface area contributed by atoms with E-state index in [1.165, 1.54) is 0 Å². The molecular formula is C17H24ClF2N3O2. The van der Waals surface area contributed by atoms with Crippen LogP contribution in [0.2, 0.25) is 0 Å². The average Bonchev–Trinajstić information content (AvgIpc) is 2.90. The minimum Gasteiger partial charge on any atom is -0.343 e. The highest BCUT2D eigenvalue weighted by molar-refractivity contribution is 5.95. The van der Waals surface area contributed by atoms with Crippen LogP contribution < -0.4 is 10.6 Å². The Labute approximate surface area is 152 Å². The van der Waals surface area contributed by atoms with Crippen LogP contribution in [0.5, 0.6) is 0 Å². The Hall–Kier alpha value is -1.73. The van der Waals surface area contributed by atoms with Crippen LogP contribution in [-0.2, 0) is 16.0 Å². The molecule has 8 heteroatoms. The summed E-state index contributed by atoms with van der Waals surface area (Å²) in [5, 5.41) is 5.13. The van der Waals surface area contributed by atoms with Crippen molar-refractivity contribution in [2.75, 3.05) is 25.0 Å². The van der Waals surface area contributed by atoms with Crippen molar-refractivity contribution in [1.29, 1.82) is 0 Å². The number of likely N-dealkylation sites (N-methyl/N-ethyl adjacent to an activating group) is 1. The van der Waals surface area contributed by atoms with Gasteiger partial charge in [0.2, 0.25) is 11.8 Å². The van der Waals surface area contributed by atoms with Crippen LogP contribution >= 0.6 is 12.4 Å². The van der Waals surface area contributed by atoms with Gasteiger partial charge in [0, 0.05) is 25.2 Å². The Kier molecular flexibility index (Phi) is 7.76. The summed E-state index contributed by atoms with van der Waals surface area (Å²) in [6.07, 6.45) is -0.193. The first kappa shape index (κ1) is 21.3. The van der Waals surface area contributed by atoms with Crippen molar-refractivity contribution in [2.45, 2.75) is 38.7 Å². The third-order valence-corrected chi connectivity index (χ3v) is 4.12. The molecule has 1 aromatic rings. The van der Waals surface area contributed by atoms with Gasteiger partial charge in [0.05, 0.1) is 19.0 Å². The Morgan fingerprint density at radius 3 is 2.32 bits per heavy atom. The molecule has 1 aliphatic heterocycles. The van der Waals surface area contributed by atoms with E-state index in [4.69, 9.17) is 0 Å². The summed E-state index contributed by atoms with van der Waals surface area (Å²) in [4.78, 5) is 25.8. The van der Waals surface area contributed by atoms with Crippen molar-refractivity contribution < 1.29 is 18.4 Å². The highest BCUT2D eigenvalue weighted by atomic mass is 35.5. The van der Waals surface area contributed by atoms with Gasteiger partial charge >= 0.3 is 0 Å². The maximum atomic E-state index is 13.1. The number of carbonyl (C=O) groups excluding carboxylic acids is 2. The number of amides is 2. The zero-order valence-corrected chi connectivity index (χ0v) is 15.2. The van der Waals surface area contributed by atoms with Crippen molar-refractivity contribution >= 4 is 29.9 Å². The predicted octanol–water partition coefficient (Wildman–Crippen LogP) is 2.46. The lowest BCUT2D eigenvalue weighted by Crippen LogP contribution is -2.35. The van der Waals surface area contributed by atoms with Gasteiger partial charge in [-0.15, -0.1) is 12.4 Å². The topological polar surface area (TPSA) is 61.4 Å². The number of nitrogens with zero attached hydrogens (tertiary/aromatic N) is 1. The number of anilines is 1. The maximum Gasteiger partial charge on any atom is 0.262 e. The molecule has 1 saturated heterocycles. The number of rotatable bonds is 6. The molecule has 0 saturated carbocycles. The molecule has 2 amide bonds. The monoisotopic (exact) mass is 375 g/mol. The lowest BCUT2D eigenvalue weighted by molar-refractivity contribution is -0.130. The summed E-state index contributed by atoms with van der Waals surface area (Å²) in [5.74, 6) is -3.26. The van der Waals surface area contributed by atoms with E-state index in [1.807, 2.05) is 13.8 Å². The molecular weight excluding hydrogens is 352 g/mol. The van der Waals surface area contributed by atoms with Crippen molar-refractivity contribution in [3.05, 3.63) is 29.8 Å². The molecule has 1 aromatic carbocycles. The fraction of sp³-hybridized carbons (Fsp3) is 0.529. The van der Waals surface area contributed by atoms with E-state index in [0.717, 1.165) is 5.56 Å². The van der Waals surface area contributed by atoms with Crippen molar-refractivity contribution in [3.63, 3.8) is 0 Å². The van der Waals surface area contributed by atoms with E-state index in [2.05, 4.69) is 10.6 Å². The molecule has 0 spiro atoms. The van der Waals surface area contributed by atoms with Gasteiger partial charge in [0.1, 0.15) is 0 Å². The molecule has 0 aromatic heterocycles. The van der Waals surface area contributed by atoms with Crippen molar-refractivity contribution in [2.24, 2.45) is 0 Å². The Bertz CT molecular complexity index is 592. The summed E-state index contributed by atoms with van der Waals surface area (Å²) in [6, 6.07) is 5.98. The van der Waals surface area contributed by atoms with Gasteiger partial charge in [-0.1, -0.05) is 12.1 Å². The first-order chi connectivity index (χ1) is 11.3. The third kappa shape index (κ3) is 5.93. The molecule has 0 radical (unpaired) electrons. The van der Waals surface area contributed by atoms with Gasteiger partial charge in [-0.05, 0) is 31.5 Å². The van der Waals surface area contributed by atoms with Crippen LogP contribution in [0.15, 0.2) is 24.3 Å². The van der Waals surface area contributed by atoms with Crippen LogP contribution in [0.3, 0.4) is 0 Å². The summed E-state index contributed by atoms with van der Waals surface area (Å²) in [5.41, 5.74) is 1.37. The smallest absolute Gasteiger partial charge is 0.262 e. The Balaban J connectivity index is 0.00000312. The summed E-state index contributed by atoms with van der Waals surface area (Å²) in [7, 11) is 0. The van der Waals surface area contributed by atoms with Crippen LogP contribution in [0, 0.1) is 0 Å². The van der Waals surface area contributed by atoms with Crippen LogP contribution in [0.4, 0.5) is 14.5 Å². The van der Waals surface area contributed by atoms with Gasteiger partial charge < -0.3 is 10.2 Å². The van der Waals surface area contributed by atoms with Crippen LogP contribution in [0.1, 0.15) is 25.8 Å². The molecule has 1 fully saturated rings. The van der Waals surface area contributed by atoms with Crippen LogP contribution in [-0.4, -0.2) is 48.3 Å². The second kappa shape index (κ2) is 9.10.